The number of hydrogen-bond donors (Lipinski definition) is 1. The fraction of sp³-hybridized carbons (Fsp3) is 0.222. The van der Waals surface area contributed by atoms with E-state index >= 15 is 0 Å². The van der Waals surface area contributed by atoms with E-state index in [4.69, 9.17) is 5.73 Å². The second kappa shape index (κ2) is 3.96. The maximum absolute atomic E-state index is 12.2. The van der Waals surface area contributed by atoms with Crippen LogP contribution in [0.3, 0.4) is 0 Å². The molecular formula is C9H8F3NS. The Labute approximate surface area is 84.7 Å². The van der Waals surface area contributed by atoms with Crippen molar-refractivity contribution in [3.8, 4) is 0 Å². The summed E-state index contributed by atoms with van der Waals surface area (Å²) in [4.78, 5) is 0.185. The van der Waals surface area contributed by atoms with Crippen molar-refractivity contribution < 1.29 is 13.2 Å². The van der Waals surface area contributed by atoms with E-state index in [1.165, 1.54) is 6.07 Å². The summed E-state index contributed by atoms with van der Waals surface area (Å²) in [6, 6.07) is 4.98. The van der Waals surface area contributed by atoms with E-state index in [9.17, 15) is 13.2 Å². The van der Waals surface area contributed by atoms with Gasteiger partial charge in [-0.3, -0.25) is 0 Å². The first-order chi connectivity index (χ1) is 6.39. The summed E-state index contributed by atoms with van der Waals surface area (Å²) in [6.07, 6.45) is -4.12. The van der Waals surface area contributed by atoms with Crippen LogP contribution in [0.15, 0.2) is 24.3 Å². The molecule has 0 atom stereocenters. The molecule has 0 unspecified atom stereocenters. The molecule has 0 amide bonds. The lowest BCUT2D eigenvalue weighted by Crippen LogP contribution is -2.12. The summed E-state index contributed by atoms with van der Waals surface area (Å²) in [7, 11) is 0. The topological polar surface area (TPSA) is 26.0 Å². The first-order valence-electron chi connectivity index (χ1n) is 3.84. The third-order valence-electron chi connectivity index (χ3n) is 1.63. The monoisotopic (exact) mass is 219 g/mol. The van der Waals surface area contributed by atoms with E-state index in [0.29, 0.717) is 5.56 Å². The van der Waals surface area contributed by atoms with Crippen molar-refractivity contribution in [1.29, 1.82) is 0 Å². The van der Waals surface area contributed by atoms with Crippen molar-refractivity contribution in [2.75, 3.05) is 0 Å². The summed E-state index contributed by atoms with van der Waals surface area (Å²) in [5, 5.41) is 0. The Balaban J connectivity index is 2.95. The Kier molecular flexibility index (Phi) is 3.10. The number of nitrogens with two attached hydrogens (primary N) is 1. The summed E-state index contributed by atoms with van der Waals surface area (Å²) in [6.45, 7) is 0. The molecule has 1 nitrogen and oxygen atoms in total. The maximum atomic E-state index is 12.2. The summed E-state index contributed by atoms with van der Waals surface area (Å²) >= 11 is 4.61. The maximum Gasteiger partial charge on any atom is 0.416 e. The lowest BCUT2D eigenvalue weighted by Gasteiger charge is -2.07. The molecule has 0 heterocycles. The molecule has 0 aliphatic rings. The highest BCUT2D eigenvalue weighted by atomic mass is 32.1. The number of rotatable bonds is 2. The molecule has 1 aromatic carbocycles. The summed E-state index contributed by atoms with van der Waals surface area (Å²) in [5.41, 5.74) is 5.04. The van der Waals surface area contributed by atoms with E-state index in [1.54, 1.807) is 6.07 Å². The molecular weight excluding hydrogens is 211 g/mol. The molecule has 0 aromatic heterocycles. The molecule has 0 aliphatic carbocycles. The van der Waals surface area contributed by atoms with Crippen LogP contribution in [0.25, 0.3) is 0 Å². The van der Waals surface area contributed by atoms with Gasteiger partial charge in [-0.05, 0) is 11.6 Å². The predicted molar refractivity (Wildman–Crippen MR) is 51.9 cm³/mol. The predicted octanol–water partition coefficient (Wildman–Crippen LogP) is 2.53. The van der Waals surface area contributed by atoms with Crippen molar-refractivity contribution in [3.05, 3.63) is 35.4 Å². The van der Waals surface area contributed by atoms with E-state index in [2.05, 4.69) is 12.2 Å². The van der Waals surface area contributed by atoms with E-state index in [1.807, 2.05) is 0 Å². The fourth-order valence-corrected chi connectivity index (χ4v) is 1.23. The van der Waals surface area contributed by atoms with Crippen LogP contribution in [0.2, 0.25) is 0 Å². The van der Waals surface area contributed by atoms with Crippen LogP contribution in [0.4, 0.5) is 13.2 Å². The molecule has 0 spiro atoms. The van der Waals surface area contributed by atoms with Gasteiger partial charge in [0.1, 0.15) is 0 Å². The lowest BCUT2D eigenvalue weighted by molar-refractivity contribution is -0.137. The quantitative estimate of drug-likeness (QED) is 0.773. The molecule has 0 bridgehead atoms. The van der Waals surface area contributed by atoms with E-state index < -0.39 is 11.7 Å². The molecule has 14 heavy (non-hydrogen) atoms. The van der Waals surface area contributed by atoms with Gasteiger partial charge in [0.05, 0.1) is 10.6 Å². The van der Waals surface area contributed by atoms with Gasteiger partial charge in [0, 0.05) is 6.42 Å². The third-order valence-corrected chi connectivity index (χ3v) is 1.78. The molecule has 0 aliphatic heterocycles. The highest BCUT2D eigenvalue weighted by Gasteiger charge is 2.30. The molecule has 1 aromatic rings. The van der Waals surface area contributed by atoms with Crippen molar-refractivity contribution in [2.45, 2.75) is 12.6 Å². The number of alkyl halides is 3. The first kappa shape index (κ1) is 11.0. The highest BCUT2D eigenvalue weighted by Crippen LogP contribution is 2.29. The zero-order valence-corrected chi connectivity index (χ0v) is 7.95. The fourth-order valence-electron chi connectivity index (χ4n) is 1.06. The molecule has 0 fully saturated rings. The second-order valence-electron chi connectivity index (χ2n) is 2.84. The van der Waals surface area contributed by atoms with E-state index in [0.717, 1.165) is 12.1 Å². The van der Waals surface area contributed by atoms with Gasteiger partial charge in [-0.15, -0.1) is 0 Å². The molecule has 76 valence electrons. The Morgan fingerprint density at radius 3 is 2.50 bits per heavy atom. The van der Waals surface area contributed by atoms with Gasteiger partial charge < -0.3 is 5.73 Å². The SMILES string of the molecule is NC(=S)Cc1cccc(C(F)(F)F)c1. The van der Waals surface area contributed by atoms with Crippen molar-refractivity contribution in [2.24, 2.45) is 5.73 Å². The van der Waals surface area contributed by atoms with Gasteiger partial charge in [0.15, 0.2) is 0 Å². The number of halogens is 3. The van der Waals surface area contributed by atoms with Crippen LogP contribution < -0.4 is 5.73 Å². The molecule has 0 saturated heterocycles. The number of hydrogen-bond acceptors (Lipinski definition) is 1. The minimum Gasteiger partial charge on any atom is -0.393 e. The van der Waals surface area contributed by atoms with Crippen molar-refractivity contribution >= 4 is 17.2 Å². The van der Waals surface area contributed by atoms with Gasteiger partial charge in [-0.2, -0.15) is 13.2 Å². The van der Waals surface area contributed by atoms with Crippen molar-refractivity contribution in [1.82, 2.24) is 0 Å². The van der Waals surface area contributed by atoms with E-state index in [-0.39, 0.29) is 11.4 Å². The molecule has 1 rings (SSSR count). The Morgan fingerprint density at radius 2 is 2.00 bits per heavy atom. The van der Waals surface area contributed by atoms with Crippen LogP contribution in [0.5, 0.6) is 0 Å². The normalized spacial score (nSPS) is 11.4. The number of benzene rings is 1. The molecule has 2 N–H and O–H groups in total. The average molecular weight is 219 g/mol. The smallest absolute Gasteiger partial charge is 0.393 e. The molecule has 0 saturated carbocycles. The van der Waals surface area contributed by atoms with Crippen LogP contribution in [-0.2, 0) is 12.6 Å². The van der Waals surface area contributed by atoms with Gasteiger partial charge in [-0.25, -0.2) is 0 Å². The number of thiocarbonyl (C=S) groups is 1. The van der Waals surface area contributed by atoms with Crippen LogP contribution in [0, 0.1) is 0 Å². The summed E-state index contributed by atoms with van der Waals surface area (Å²) < 4.78 is 36.7. The first-order valence-corrected chi connectivity index (χ1v) is 4.25. The Morgan fingerprint density at radius 1 is 1.36 bits per heavy atom. The minimum atomic E-state index is -4.31. The summed E-state index contributed by atoms with van der Waals surface area (Å²) in [5.74, 6) is 0. The van der Waals surface area contributed by atoms with Gasteiger partial charge in [-0.1, -0.05) is 30.4 Å². The van der Waals surface area contributed by atoms with Crippen LogP contribution >= 0.6 is 12.2 Å². The van der Waals surface area contributed by atoms with Gasteiger partial charge in [0.25, 0.3) is 0 Å². The zero-order valence-electron chi connectivity index (χ0n) is 7.14. The average Bonchev–Trinajstić information content (AvgIpc) is 2.01. The third kappa shape index (κ3) is 2.99. The standard InChI is InChI=1S/C9H8F3NS/c10-9(11,12)7-3-1-2-6(4-7)5-8(13)14/h1-4H,5H2,(H2,13,14). The Hall–Kier alpha value is -1.10. The Bertz CT molecular complexity index is 346. The largest absolute Gasteiger partial charge is 0.416 e. The minimum absolute atomic E-state index is 0.185. The highest BCUT2D eigenvalue weighted by molar-refractivity contribution is 7.80. The van der Waals surface area contributed by atoms with Crippen LogP contribution in [0.1, 0.15) is 11.1 Å². The van der Waals surface area contributed by atoms with Crippen molar-refractivity contribution in [3.63, 3.8) is 0 Å². The van der Waals surface area contributed by atoms with Gasteiger partial charge >= 0.3 is 6.18 Å². The molecule has 0 radical (unpaired) electrons. The lowest BCUT2D eigenvalue weighted by atomic mass is 10.1. The zero-order chi connectivity index (χ0) is 10.8. The second-order valence-corrected chi connectivity index (χ2v) is 3.37. The van der Waals surface area contributed by atoms with Crippen LogP contribution in [-0.4, -0.2) is 4.99 Å². The van der Waals surface area contributed by atoms with Gasteiger partial charge in [0.2, 0.25) is 0 Å². The molecule has 5 heteroatoms.